The van der Waals surface area contributed by atoms with E-state index in [4.69, 9.17) is 9.47 Å². The summed E-state index contributed by atoms with van der Waals surface area (Å²) < 4.78 is 10.9. The summed E-state index contributed by atoms with van der Waals surface area (Å²) in [5.74, 6) is 0. The highest BCUT2D eigenvalue weighted by molar-refractivity contribution is 4.96. The molecule has 0 radical (unpaired) electrons. The molecule has 2 bridgehead atoms. The minimum absolute atomic E-state index is 0.425. The van der Waals surface area contributed by atoms with Crippen molar-refractivity contribution in [1.29, 1.82) is 0 Å². The lowest BCUT2D eigenvalue weighted by Gasteiger charge is -2.44. The Kier molecular flexibility index (Phi) is 2.86. The molecule has 2 aliphatic rings. The number of ether oxygens (including phenoxy) is 2. The molecule has 76 valence electrons. The van der Waals surface area contributed by atoms with Crippen molar-refractivity contribution in [2.24, 2.45) is 0 Å². The van der Waals surface area contributed by atoms with Crippen molar-refractivity contribution < 1.29 is 9.47 Å². The SMILES string of the molecule is COC1CCC2NC1CCC2OC. The molecule has 4 atom stereocenters. The highest BCUT2D eigenvalue weighted by atomic mass is 16.5. The number of hydrogen-bond donors (Lipinski definition) is 1. The zero-order valence-corrected chi connectivity index (χ0v) is 8.45. The fraction of sp³-hybridized carbons (Fsp3) is 1.00. The third-order valence-corrected chi connectivity index (χ3v) is 3.46. The molecule has 2 saturated heterocycles. The van der Waals surface area contributed by atoms with Crippen LogP contribution in [0.3, 0.4) is 0 Å². The van der Waals surface area contributed by atoms with Crippen molar-refractivity contribution in [3.63, 3.8) is 0 Å². The third-order valence-electron chi connectivity index (χ3n) is 3.46. The summed E-state index contributed by atoms with van der Waals surface area (Å²) in [7, 11) is 3.63. The van der Waals surface area contributed by atoms with Crippen LogP contribution in [0.25, 0.3) is 0 Å². The zero-order chi connectivity index (χ0) is 9.26. The number of hydrogen-bond acceptors (Lipinski definition) is 3. The number of methoxy groups -OCH3 is 2. The Morgan fingerprint density at radius 2 is 1.31 bits per heavy atom. The van der Waals surface area contributed by atoms with Gasteiger partial charge in [0, 0.05) is 26.3 Å². The molecule has 2 aliphatic heterocycles. The lowest BCUT2D eigenvalue weighted by molar-refractivity contribution is -0.0380. The minimum atomic E-state index is 0.425. The van der Waals surface area contributed by atoms with Gasteiger partial charge in [-0.25, -0.2) is 0 Å². The van der Waals surface area contributed by atoms with Crippen molar-refractivity contribution in [3.05, 3.63) is 0 Å². The second kappa shape index (κ2) is 3.95. The monoisotopic (exact) mass is 185 g/mol. The van der Waals surface area contributed by atoms with Gasteiger partial charge in [-0.05, 0) is 25.7 Å². The molecule has 3 heteroatoms. The molecule has 0 spiro atoms. The molecule has 0 aromatic rings. The number of rotatable bonds is 2. The highest BCUT2D eigenvalue weighted by Gasteiger charge is 2.37. The van der Waals surface area contributed by atoms with E-state index in [1.54, 1.807) is 0 Å². The first kappa shape index (κ1) is 9.44. The van der Waals surface area contributed by atoms with Crippen molar-refractivity contribution in [2.75, 3.05) is 14.2 Å². The Balaban J connectivity index is 1.96. The standard InChI is InChI=1S/C10H19NO2/c1-12-9-5-3-8-10(13-2)6-4-7(9)11-8/h7-11H,3-6H2,1-2H3. The van der Waals surface area contributed by atoms with E-state index in [1.807, 2.05) is 14.2 Å². The zero-order valence-electron chi connectivity index (χ0n) is 8.45. The lowest BCUT2D eigenvalue weighted by Crippen LogP contribution is -2.59. The van der Waals surface area contributed by atoms with E-state index in [0.717, 1.165) is 0 Å². The van der Waals surface area contributed by atoms with Gasteiger partial charge in [0.25, 0.3) is 0 Å². The molecular formula is C10H19NO2. The molecule has 3 nitrogen and oxygen atoms in total. The first-order valence-corrected chi connectivity index (χ1v) is 5.16. The Labute approximate surface area is 79.8 Å². The van der Waals surface area contributed by atoms with E-state index in [-0.39, 0.29) is 0 Å². The predicted octanol–water partition coefficient (Wildman–Crippen LogP) is 0.931. The van der Waals surface area contributed by atoms with Gasteiger partial charge in [0.05, 0.1) is 12.2 Å². The van der Waals surface area contributed by atoms with E-state index >= 15 is 0 Å². The predicted molar refractivity (Wildman–Crippen MR) is 50.8 cm³/mol. The first-order chi connectivity index (χ1) is 6.35. The van der Waals surface area contributed by atoms with Crippen LogP contribution in [0.1, 0.15) is 25.7 Å². The molecule has 0 saturated carbocycles. The van der Waals surface area contributed by atoms with Crippen molar-refractivity contribution in [1.82, 2.24) is 5.32 Å². The molecule has 2 heterocycles. The average Bonchev–Trinajstić information content (AvgIpc) is 2.19. The molecule has 4 unspecified atom stereocenters. The molecule has 1 N–H and O–H groups in total. The Bertz CT molecular complexity index is 156. The van der Waals surface area contributed by atoms with Gasteiger partial charge in [-0.2, -0.15) is 0 Å². The summed E-state index contributed by atoms with van der Waals surface area (Å²) in [6.07, 6.45) is 5.58. The largest absolute Gasteiger partial charge is 0.380 e. The van der Waals surface area contributed by atoms with Gasteiger partial charge < -0.3 is 14.8 Å². The summed E-state index contributed by atoms with van der Waals surface area (Å²) in [6, 6.07) is 1.13. The van der Waals surface area contributed by atoms with Gasteiger partial charge in [-0.3, -0.25) is 0 Å². The van der Waals surface area contributed by atoms with E-state index < -0.39 is 0 Å². The lowest BCUT2D eigenvalue weighted by atomic mass is 9.83. The van der Waals surface area contributed by atoms with Crippen LogP contribution in [0.4, 0.5) is 0 Å². The van der Waals surface area contributed by atoms with Gasteiger partial charge in [-0.1, -0.05) is 0 Å². The molecule has 0 amide bonds. The van der Waals surface area contributed by atoms with E-state index in [2.05, 4.69) is 5.32 Å². The summed E-state index contributed by atoms with van der Waals surface area (Å²) >= 11 is 0. The first-order valence-electron chi connectivity index (χ1n) is 5.16. The van der Waals surface area contributed by atoms with Crippen LogP contribution < -0.4 is 5.32 Å². The third kappa shape index (κ3) is 1.73. The summed E-state index contributed by atoms with van der Waals surface area (Å²) in [4.78, 5) is 0. The van der Waals surface area contributed by atoms with Crippen molar-refractivity contribution >= 4 is 0 Å². The van der Waals surface area contributed by atoms with Crippen LogP contribution in [-0.4, -0.2) is 38.5 Å². The van der Waals surface area contributed by atoms with Crippen LogP contribution in [0, 0.1) is 0 Å². The number of piperidine rings is 2. The fourth-order valence-corrected chi connectivity index (χ4v) is 2.68. The highest BCUT2D eigenvalue weighted by Crippen LogP contribution is 2.28. The van der Waals surface area contributed by atoms with E-state index in [1.165, 1.54) is 25.7 Å². The summed E-state index contributed by atoms with van der Waals surface area (Å²) in [5.41, 5.74) is 0. The molecule has 13 heavy (non-hydrogen) atoms. The van der Waals surface area contributed by atoms with Crippen LogP contribution in [-0.2, 0) is 9.47 Å². The smallest absolute Gasteiger partial charge is 0.0724 e. The minimum Gasteiger partial charge on any atom is -0.380 e. The topological polar surface area (TPSA) is 30.5 Å². The Hall–Kier alpha value is -0.120. The second-order valence-corrected chi connectivity index (χ2v) is 4.08. The van der Waals surface area contributed by atoms with Gasteiger partial charge in [-0.15, -0.1) is 0 Å². The molecule has 0 aromatic carbocycles. The molecular weight excluding hydrogens is 166 g/mol. The summed E-state index contributed by atoms with van der Waals surface area (Å²) in [5, 5.41) is 3.60. The maximum atomic E-state index is 5.44. The molecule has 2 rings (SSSR count). The fourth-order valence-electron chi connectivity index (χ4n) is 2.68. The Morgan fingerprint density at radius 1 is 0.846 bits per heavy atom. The Morgan fingerprint density at radius 3 is 1.69 bits per heavy atom. The van der Waals surface area contributed by atoms with Crippen molar-refractivity contribution in [3.8, 4) is 0 Å². The van der Waals surface area contributed by atoms with Crippen LogP contribution in [0.15, 0.2) is 0 Å². The quantitative estimate of drug-likeness (QED) is 0.694. The molecule has 0 aliphatic carbocycles. The van der Waals surface area contributed by atoms with Crippen LogP contribution in [0.5, 0.6) is 0 Å². The molecule has 2 fully saturated rings. The second-order valence-electron chi connectivity index (χ2n) is 4.08. The van der Waals surface area contributed by atoms with Crippen LogP contribution in [0.2, 0.25) is 0 Å². The van der Waals surface area contributed by atoms with Crippen molar-refractivity contribution in [2.45, 2.75) is 50.0 Å². The summed E-state index contributed by atoms with van der Waals surface area (Å²) in [6.45, 7) is 0. The average molecular weight is 185 g/mol. The maximum Gasteiger partial charge on any atom is 0.0724 e. The van der Waals surface area contributed by atoms with Crippen LogP contribution >= 0.6 is 0 Å². The van der Waals surface area contributed by atoms with E-state index in [9.17, 15) is 0 Å². The van der Waals surface area contributed by atoms with Gasteiger partial charge in [0.15, 0.2) is 0 Å². The number of fused-ring (bicyclic) bond motifs is 2. The van der Waals surface area contributed by atoms with E-state index in [0.29, 0.717) is 24.3 Å². The van der Waals surface area contributed by atoms with Gasteiger partial charge >= 0.3 is 0 Å². The van der Waals surface area contributed by atoms with Gasteiger partial charge in [0.2, 0.25) is 0 Å². The maximum absolute atomic E-state index is 5.44. The number of nitrogens with one attached hydrogen (secondary N) is 1. The van der Waals surface area contributed by atoms with Gasteiger partial charge in [0.1, 0.15) is 0 Å². The molecule has 0 aromatic heterocycles. The normalized spacial score (nSPS) is 44.8.